The molecule has 0 saturated carbocycles. The van der Waals surface area contributed by atoms with Gasteiger partial charge in [0.15, 0.2) is 0 Å². The van der Waals surface area contributed by atoms with E-state index in [0.29, 0.717) is 12.1 Å². The molecule has 0 saturated heterocycles. The second-order valence-electron chi connectivity index (χ2n) is 3.33. The van der Waals surface area contributed by atoms with E-state index >= 15 is 0 Å². The fraction of sp³-hybridized carbons (Fsp3) is 0.0769. The Morgan fingerprint density at radius 2 is 2.07 bits per heavy atom. The van der Waals surface area contributed by atoms with Gasteiger partial charge in [-0.15, -0.1) is 0 Å². The molecule has 0 amide bonds. The first-order valence-electron chi connectivity index (χ1n) is 4.80. The Kier molecular flexibility index (Phi) is 2.70. The van der Waals surface area contributed by atoms with Crippen LogP contribution in [0.5, 0.6) is 5.75 Å². The van der Waals surface area contributed by atoms with Crippen LogP contribution in [0.1, 0.15) is 5.56 Å². The molecule has 2 rings (SSSR count). The van der Waals surface area contributed by atoms with Gasteiger partial charge in [-0.2, -0.15) is 0 Å². The van der Waals surface area contributed by atoms with Crippen molar-refractivity contribution in [3.05, 3.63) is 54.1 Å². The predicted octanol–water partition coefficient (Wildman–Crippen LogP) is 2.32. The zero-order chi connectivity index (χ0) is 10.7. The summed E-state index contributed by atoms with van der Waals surface area (Å²) < 4.78 is 0. The van der Waals surface area contributed by atoms with E-state index in [0.717, 1.165) is 11.1 Å². The van der Waals surface area contributed by atoms with Crippen molar-refractivity contribution in [2.75, 3.05) is 0 Å². The van der Waals surface area contributed by atoms with Gasteiger partial charge in [0.1, 0.15) is 5.75 Å². The van der Waals surface area contributed by atoms with Gasteiger partial charge in [0.05, 0.1) is 0 Å². The van der Waals surface area contributed by atoms with Gasteiger partial charge < -0.3 is 10.8 Å². The minimum atomic E-state index is 0.242. The summed E-state index contributed by atoms with van der Waals surface area (Å²) in [6.45, 7) is 0.501. The van der Waals surface area contributed by atoms with Crippen LogP contribution in [-0.4, -0.2) is 5.11 Å². The maximum atomic E-state index is 9.67. The van der Waals surface area contributed by atoms with Gasteiger partial charge in [0, 0.05) is 12.1 Å². The van der Waals surface area contributed by atoms with Crippen molar-refractivity contribution in [3.63, 3.8) is 0 Å². The number of phenols is 1. The average molecular weight is 198 g/mol. The third kappa shape index (κ3) is 2.00. The molecule has 0 aliphatic rings. The van der Waals surface area contributed by atoms with Crippen molar-refractivity contribution in [3.8, 4) is 16.9 Å². The molecular formula is C13H12NO. The Bertz CT molecular complexity index is 466. The smallest absolute Gasteiger partial charge is 0.124 e. The van der Waals surface area contributed by atoms with Gasteiger partial charge >= 0.3 is 0 Å². The van der Waals surface area contributed by atoms with Crippen LogP contribution in [-0.2, 0) is 6.54 Å². The monoisotopic (exact) mass is 198 g/mol. The second kappa shape index (κ2) is 4.15. The molecule has 1 radical (unpaired) electrons. The van der Waals surface area contributed by atoms with E-state index in [-0.39, 0.29) is 5.75 Å². The van der Waals surface area contributed by atoms with E-state index in [1.807, 2.05) is 24.3 Å². The third-order valence-corrected chi connectivity index (χ3v) is 2.29. The molecule has 0 atom stereocenters. The molecule has 75 valence electrons. The van der Waals surface area contributed by atoms with Crippen molar-refractivity contribution < 1.29 is 5.11 Å². The summed E-state index contributed by atoms with van der Waals surface area (Å²) >= 11 is 0. The number of hydrogen-bond donors (Lipinski definition) is 2. The summed E-state index contributed by atoms with van der Waals surface area (Å²) in [5.74, 6) is 0.242. The molecule has 15 heavy (non-hydrogen) atoms. The van der Waals surface area contributed by atoms with Gasteiger partial charge in [0.25, 0.3) is 0 Å². The topological polar surface area (TPSA) is 46.2 Å². The standard InChI is InChI=1S/C13H12NO/c14-9-10-4-3-5-11(8-10)12-6-1-2-7-13(12)15/h1-5,7-8,15H,9,14H2. The molecule has 0 bridgehead atoms. The van der Waals surface area contributed by atoms with Crippen LogP contribution < -0.4 is 5.73 Å². The van der Waals surface area contributed by atoms with Crippen LogP contribution in [0.4, 0.5) is 0 Å². The van der Waals surface area contributed by atoms with Crippen LogP contribution in [0.15, 0.2) is 42.5 Å². The van der Waals surface area contributed by atoms with Crippen LogP contribution in [0, 0.1) is 6.07 Å². The first-order chi connectivity index (χ1) is 7.31. The highest BCUT2D eigenvalue weighted by molar-refractivity contribution is 5.69. The fourth-order valence-corrected chi connectivity index (χ4v) is 1.51. The Hall–Kier alpha value is -1.80. The first-order valence-corrected chi connectivity index (χ1v) is 4.80. The lowest BCUT2D eigenvalue weighted by atomic mass is 10.0. The summed E-state index contributed by atoms with van der Waals surface area (Å²) in [6.07, 6.45) is 0. The largest absolute Gasteiger partial charge is 0.507 e. The highest BCUT2D eigenvalue weighted by atomic mass is 16.3. The number of benzene rings is 2. The number of rotatable bonds is 2. The first kappa shape index (κ1) is 9.74. The molecule has 0 unspecified atom stereocenters. The molecule has 0 aliphatic heterocycles. The Morgan fingerprint density at radius 3 is 2.80 bits per heavy atom. The van der Waals surface area contributed by atoms with Crippen LogP contribution in [0.2, 0.25) is 0 Å². The van der Waals surface area contributed by atoms with E-state index in [4.69, 9.17) is 5.73 Å². The van der Waals surface area contributed by atoms with Gasteiger partial charge in [0.2, 0.25) is 0 Å². The molecule has 2 heteroatoms. The fourth-order valence-electron chi connectivity index (χ4n) is 1.51. The molecule has 0 fully saturated rings. The van der Waals surface area contributed by atoms with Gasteiger partial charge in [-0.3, -0.25) is 0 Å². The SMILES string of the molecule is NCc1cccc(-c2[c]cccc2O)c1. The summed E-state index contributed by atoms with van der Waals surface area (Å²) in [5, 5.41) is 9.67. The Morgan fingerprint density at radius 1 is 1.20 bits per heavy atom. The number of nitrogens with two attached hydrogens (primary N) is 1. The second-order valence-corrected chi connectivity index (χ2v) is 3.33. The molecule has 2 aromatic carbocycles. The van der Waals surface area contributed by atoms with Crippen LogP contribution >= 0.6 is 0 Å². The predicted molar refractivity (Wildman–Crippen MR) is 60.3 cm³/mol. The average Bonchev–Trinajstić information content (AvgIpc) is 2.30. The maximum absolute atomic E-state index is 9.67. The van der Waals surface area contributed by atoms with Gasteiger partial charge in [-0.25, -0.2) is 0 Å². The van der Waals surface area contributed by atoms with Crippen molar-refractivity contribution >= 4 is 0 Å². The third-order valence-electron chi connectivity index (χ3n) is 2.29. The van der Waals surface area contributed by atoms with E-state index < -0.39 is 0 Å². The van der Waals surface area contributed by atoms with E-state index in [9.17, 15) is 5.11 Å². The molecule has 2 aromatic rings. The minimum absolute atomic E-state index is 0.242. The molecular weight excluding hydrogens is 186 g/mol. The van der Waals surface area contributed by atoms with Crippen molar-refractivity contribution in [2.24, 2.45) is 5.73 Å². The summed E-state index contributed by atoms with van der Waals surface area (Å²) in [7, 11) is 0. The normalized spacial score (nSPS) is 10.2. The number of phenolic OH excluding ortho intramolecular Hbond substituents is 1. The maximum Gasteiger partial charge on any atom is 0.124 e. The Labute approximate surface area is 89.0 Å². The van der Waals surface area contributed by atoms with Crippen LogP contribution in [0.3, 0.4) is 0 Å². The zero-order valence-corrected chi connectivity index (χ0v) is 8.27. The van der Waals surface area contributed by atoms with Crippen LogP contribution in [0.25, 0.3) is 11.1 Å². The lowest BCUT2D eigenvalue weighted by Crippen LogP contribution is -1.95. The lowest BCUT2D eigenvalue weighted by molar-refractivity contribution is 0.477. The van der Waals surface area contributed by atoms with Gasteiger partial charge in [-0.05, 0) is 29.3 Å². The van der Waals surface area contributed by atoms with Crippen molar-refractivity contribution in [1.82, 2.24) is 0 Å². The highest BCUT2D eigenvalue weighted by Crippen LogP contribution is 2.28. The molecule has 0 aliphatic carbocycles. The molecule has 0 spiro atoms. The molecule has 3 N–H and O–H groups in total. The van der Waals surface area contributed by atoms with Crippen molar-refractivity contribution in [2.45, 2.75) is 6.54 Å². The Balaban J connectivity index is 2.49. The molecule has 2 nitrogen and oxygen atoms in total. The molecule has 0 aromatic heterocycles. The quantitative estimate of drug-likeness (QED) is 0.777. The summed E-state index contributed by atoms with van der Waals surface area (Å²) in [4.78, 5) is 0. The molecule has 0 heterocycles. The summed E-state index contributed by atoms with van der Waals surface area (Å²) in [6, 6.07) is 16.0. The van der Waals surface area contributed by atoms with E-state index in [2.05, 4.69) is 6.07 Å². The highest BCUT2D eigenvalue weighted by Gasteiger charge is 2.03. The number of aromatic hydroxyl groups is 1. The summed E-state index contributed by atoms with van der Waals surface area (Å²) in [5.41, 5.74) is 8.26. The number of hydrogen-bond acceptors (Lipinski definition) is 2. The van der Waals surface area contributed by atoms with E-state index in [1.54, 1.807) is 18.2 Å². The van der Waals surface area contributed by atoms with Gasteiger partial charge in [-0.1, -0.05) is 30.3 Å². The van der Waals surface area contributed by atoms with Crippen molar-refractivity contribution in [1.29, 1.82) is 0 Å². The van der Waals surface area contributed by atoms with E-state index in [1.165, 1.54) is 0 Å². The minimum Gasteiger partial charge on any atom is -0.507 e. The zero-order valence-electron chi connectivity index (χ0n) is 8.27. The lowest BCUT2D eigenvalue weighted by Gasteiger charge is -2.05.